The molecule has 0 spiro atoms. The van der Waals surface area contributed by atoms with E-state index in [2.05, 4.69) is 21.1 Å². The summed E-state index contributed by atoms with van der Waals surface area (Å²) in [5.41, 5.74) is -0.861. The molecule has 3 nitrogen and oxygen atoms in total. The summed E-state index contributed by atoms with van der Waals surface area (Å²) in [5, 5.41) is 19.3. The number of nitrogens with zero attached hydrogens (tertiary/aromatic N) is 1. The predicted molar refractivity (Wildman–Crippen MR) is 52.3 cm³/mol. The lowest BCUT2D eigenvalue weighted by molar-refractivity contribution is -0.873. The smallest absolute Gasteiger partial charge is 0.0882 e. The lowest BCUT2D eigenvalue weighted by Gasteiger charge is -2.27. The third-order valence-corrected chi connectivity index (χ3v) is 2.78. The summed E-state index contributed by atoms with van der Waals surface area (Å²) in [4.78, 5) is 0. The summed E-state index contributed by atoms with van der Waals surface area (Å²) in [6.45, 7) is 2.75. The first-order chi connectivity index (χ1) is 5.71. The minimum atomic E-state index is -0.861. The summed E-state index contributed by atoms with van der Waals surface area (Å²) in [6, 6.07) is 0. The Morgan fingerprint density at radius 1 is 1.38 bits per heavy atom. The van der Waals surface area contributed by atoms with Gasteiger partial charge in [-0.3, -0.25) is 0 Å². The fraction of sp³-hybridized carbons (Fsp3) is 1.00. The van der Waals surface area contributed by atoms with Crippen LogP contribution in [0.1, 0.15) is 19.8 Å². The van der Waals surface area contributed by atoms with E-state index in [1.165, 1.54) is 0 Å². The lowest BCUT2D eigenvalue weighted by Crippen LogP contribution is -2.39. The predicted octanol–water partition coefficient (Wildman–Crippen LogP) is 0.214. The van der Waals surface area contributed by atoms with Crippen LogP contribution >= 0.6 is 0 Å². The first-order valence-corrected chi connectivity index (χ1v) is 4.91. The Labute approximate surface area is 80.6 Å². The van der Waals surface area contributed by atoms with Crippen molar-refractivity contribution >= 4 is 0 Å². The molecule has 0 amide bonds. The van der Waals surface area contributed by atoms with Crippen LogP contribution in [0.5, 0.6) is 0 Å². The highest BCUT2D eigenvalue weighted by molar-refractivity contribution is 4.92. The van der Waals surface area contributed by atoms with Crippen LogP contribution in [0.3, 0.4) is 0 Å². The molecule has 3 atom stereocenters. The van der Waals surface area contributed by atoms with Gasteiger partial charge in [-0.2, -0.15) is 0 Å². The van der Waals surface area contributed by atoms with Crippen molar-refractivity contribution in [3.8, 4) is 0 Å². The van der Waals surface area contributed by atoms with Crippen LogP contribution in [0.25, 0.3) is 0 Å². The molecule has 1 fully saturated rings. The molecule has 1 aliphatic rings. The zero-order chi connectivity index (χ0) is 10.3. The zero-order valence-electron chi connectivity index (χ0n) is 9.12. The average Bonchev–Trinajstić information content (AvgIpc) is 2.01. The van der Waals surface area contributed by atoms with Crippen LogP contribution in [0.4, 0.5) is 0 Å². The van der Waals surface area contributed by atoms with Crippen molar-refractivity contribution in [1.82, 2.24) is 0 Å². The molecule has 13 heavy (non-hydrogen) atoms. The van der Waals surface area contributed by atoms with Crippen molar-refractivity contribution in [2.45, 2.75) is 31.5 Å². The van der Waals surface area contributed by atoms with Gasteiger partial charge in [0.05, 0.1) is 39.4 Å². The van der Waals surface area contributed by atoms with Crippen LogP contribution in [0, 0.1) is 5.92 Å². The van der Waals surface area contributed by atoms with E-state index in [4.69, 9.17) is 0 Å². The van der Waals surface area contributed by atoms with Crippen molar-refractivity contribution < 1.29 is 14.7 Å². The van der Waals surface area contributed by atoms with Crippen LogP contribution in [0.2, 0.25) is 0 Å². The Hall–Kier alpha value is -0.120. The number of hydrogen-bond acceptors (Lipinski definition) is 2. The Morgan fingerprint density at radius 2 is 1.92 bits per heavy atom. The molecule has 78 valence electrons. The molecule has 0 radical (unpaired) electrons. The molecule has 0 aliphatic heterocycles. The first kappa shape index (κ1) is 11.0. The summed E-state index contributed by atoms with van der Waals surface area (Å²) in [6.07, 6.45) is 0.927. The van der Waals surface area contributed by atoms with Gasteiger partial charge in [0.2, 0.25) is 0 Å². The lowest BCUT2D eigenvalue weighted by atomic mass is 10.0. The van der Waals surface area contributed by atoms with Gasteiger partial charge in [0.25, 0.3) is 0 Å². The number of aliphatic hydroxyl groups is 2. The van der Waals surface area contributed by atoms with Gasteiger partial charge < -0.3 is 14.7 Å². The molecule has 0 heterocycles. The van der Waals surface area contributed by atoms with Crippen molar-refractivity contribution in [1.29, 1.82) is 0 Å². The van der Waals surface area contributed by atoms with Gasteiger partial charge in [0, 0.05) is 5.92 Å². The topological polar surface area (TPSA) is 40.5 Å². The van der Waals surface area contributed by atoms with E-state index >= 15 is 0 Å². The minimum Gasteiger partial charge on any atom is -0.390 e. The van der Waals surface area contributed by atoms with Crippen LogP contribution in [-0.2, 0) is 0 Å². The second kappa shape index (κ2) is 3.23. The Morgan fingerprint density at radius 3 is 2.23 bits per heavy atom. The van der Waals surface area contributed by atoms with E-state index in [1.807, 2.05) is 0 Å². The molecule has 0 aromatic rings. The quantitative estimate of drug-likeness (QED) is 0.608. The van der Waals surface area contributed by atoms with E-state index in [1.54, 1.807) is 6.92 Å². The highest BCUT2D eigenvalue weighted by Crippen LogP contribution is 2.35. The highest BCUT2D eigenvalue weighted by atomic mass is 16.3. The van der Waals surface area contributed by atoms with Crippen LogP contribution in [-0.4, -0.2) is 54.1 Å². The molecule has 0 aromatic heterocycles. The van der Waals surface area contributed by atoms with E-state index < -0.39 is 11.7 Å². The normalized spacial score (nSPS) is 41.1. The third kappa shape index (κ3) is 2.93. The standard InChI is InChI=1S/C10H22NO2/c1-10(13)6-8(5-9(10)12)7-11(2,3)4/h8-9,12-13H,5-7H2,1-4H3/q+1/t8-,9+,10-/m1/s1. The molecule has 2 N–H and O–H groups in total. The van der Waals surface area contributed by atoms with Crippen molar-refractivity contribution in [3.63, 3.8) is 0 Å². The molecule has 1 saturated carbocycles. The molecule has 0 unspecified atom stereocenters. The van der Waals surface area contributed by atoms with Gasteiger partial charge in [-0.25, -0.2) is 0 Å². The van der Waals surface area contributed by atoms with E-state index in [0.29, 0.717) is 5.92 Å². The van der Waals surface area contributed by atoms with Crippen molar-refractivity contribution in [2.24, 2.45) is 5.92 Å². The van der Waals surface area contributed by atoms with Crippen LogP contribution in [0.15, 0.2) is 0 Å². The summed E-state index contributed by atoms with van der Waals surface area (Å²) >= 11 is 0. The van der Waals surface area contributed by atoms with Crippen LogP contribution < -0.4 is 0 Å². The first-order valence-electron chi connectivity index (χ1n) is 4.91. The highest BCUT2D eigenvalue weighted by Gasteiger charge is 2.43. The van der Waals surface area contributed by atoms with E-state index in [-0.39, 0.29) is 0 Å². The summed E-state index contributed by atoms with van der Waals surface area (Å²) in [7, 11) is 6.41. The molecule has 0 saturated heterocycles. The fourth-order valence-corrected chi connectivity index (χ4v) is 2.29. The number of quaternary nitrogens is 1. The molecule has 0 bridgehead atoms. The summed E-state index contributed by atoms with van der Waals surface area (Å²) < 4.78 is 0.896. The van der Waals surface area contributed by atoms with Crippen molar-refractivity contribution in [3.05, 3.63) is 0 Å². The van der Waals surface area contributed by atoms with Gasteiger partial charge in [-0.15, -0.1) is 0 Å². The van der Waals surface area contributed by atoms with E-state index in [9.17, 15) is 10.2 Å². The Kier molecular flexibility index (Phi) is 2.72. The maximum absolute atomic E-state index is 9.77. The second-order valence-electron chi connectivity index (χ2n) is 5.65. The van der Waals surface area contributed by atoms with Gasteiger partial charge in [-0.1, -0.05) is 0 Å². The zero-order valence-corrected chi connectivity index (χ0v) is 9.12. The molecule has 1 rings (SSSR count). The molecular weight excluding hydrogens is 166 g/mol. The summed E-state index contributed by atoms with van der Waals surface area (Å²) in [5.74, 6) is 0.449. The third-order valence-electron chi connectivity index (χ3n) is 2.78. The SMILES string of the molecule is C[C@@]1(O)C[C@H](C[N+](C)(C)C)C[C@@H]1O. The number of rotatable bonds is 2. The maximum Gasteiger partial charge on any atom is 0.0882 e. The number of hydrogen-bond donors (Lipinski definition) is 2. The Balaban J connectivity index is 2.50. The maximum atomic E-state index is 9.77. The second-order valence-corrected chi connectivity index (χ2v) is 5.65. The van der Waals surface area contributed by atoms with Gasteiger partial charge in [-0.05, 0) is 19.8 Å². The van der Waals surface area contributed by atoms with E-state index in [0.717, 1.165) is 23.9 Å². The number of aliphatic hydroxyl groups excluding tert-OH is 1. The monoisotopic (exact) mass is 188 g/mol. The fourth-order valence-electron chi connectivity index (χ4n) is 2.29. The van der Waals surface area contributed by atoms with Gasteiger partial charge in [0.1, 0.15) is 0 Å². The minimum absolute atomic E-state index is 0.449. The molecular formula is C10H22NO2+. The average molecular weight is 188 g/mol. The molecule has 0 aromatic carbocycles. The van der Waals surface area contributed by atoms with Crippen molar-refractivity contribution in [2.75, 3.05) is 27.7 Å². The van der Waals surface area contributed by atoms with Gasteiger partial charge >= 0.3 is 0 Å². The molecule has 3 heteroatoms. The van der Waals surface area contributed by atoms with Gasteiger partial charge in [0.15, 0.2) is 0 Å². The molecule has 1 aliphatic carbocycles. The Bertz CT molecular complexity index is 182. The largest absolute Gasteiger partial charge is 0.390 e.